The number of rotatable bonds is 3. The van der Waals surface area contributed by atoms with Gasteiger partial charge in [-0.1, -0.05) is 18.2 Å². The van der Waals surface area contributed by atoms with Crippen LogP contribution in [0.1, 0.15) is 24.1 Å². The van der Waals surface area contributed by atoms with Gasteiger partial charge in [0.1, 0.15) is 5.82 Å². The molecule has 1 aromatic carbocycles. The lowest BCUT2D eigenvalue weighted by Crippen LogP contribution is -2.35. The molecular weight excluding hydrogens is 267 g/mol. The molecule has 21 heavy (non-hydrogen) atoms. The summed E-state index contributed by atoms with van der Waals surface area (Å²) in [4.78, 5) is 18.5. The Hall–Kier alpha value is -2.23. The summed E-state index contributed by atoms with van der Waals surface area (Å²) in [5.74, 6) is -0.210. The lowest BCUT2D eigenvalue weighted by molar-refractivity contribution is -0.118. The Balaban J connectivity index is 1.71. The van der Waals surface area contributed by atoms with E-state index < -0.39 is 0 Å². The van der Waals surface area contributed by atoms with Gasteiger partial charge in [0.15, 0.2) is 0 Å². The maximum atomic E-state index is 13.6. The number of nitrogens with zero attached hydrogens (tertiary/aromatic N) is 2. The number of benzene rings is 1. The first-order valence-electron chi connectivity index (χ1n) is 7.23. The van der Waals surface area contributed by atoms with Crippen LogP contribution in [-0.2, 0) is 17.6 Å². The second kappa shape index (κ2) is 6.04. The van der Waals surface area contributed by atoms with Gasteiger partial charge in [0.05, 0.1) is 11.4 Å². The number of pyridine rings is 1. The minimum absolute atomic E-state index is 0.0344. The Bertz CT molecular complexity index is 657. The fourth-order valence-electron chi connectivity index (χ4n) is 2.73. The standard InChI is InChI=1S/C17H17FN2O/c18-14-6-2-1-5-13(14)9-10-17(21)20-12-4-7-15-16(20)8-3-11-19-15/h1-3,5-6,8,11H,4,7,9-10,12H2. The number of hydrogen-bond acceptors (Lipinski definition) is 2. The second-order valence-electron chi connectivity index (χ2n) is 5.21. The number of aryl methyl sites for hydroxylation is 2. The fraction of sp³-hybridized carbons (Fsp3) is 0.294. The van der Waals surface area contributed by atoms with Crippen molar-refractivity contribution in [2.75, 3.05) is 11.4 Å². The van der Waals surface area contributed by atoms with Crippen molar-refractivity contribution in [3.8, 4) is 0 Å². The van der Waals surface area contributed by atoms with Crippen LogP contribution < -0.4 is 4.90 Å². The monoisotopic (exact) mass is 284 g/mol. The highest BCUT2D eigenvalue weighted by Crippen LogP contribution is 2.25. The Kier molecular flexibility index (Phi) is 3.95. The van der Waals surface area contributed by atoms with E-state index in [1.165, 1.54) is 6.07 Å². The fourth-order valence-corrected chi connectivity index (χ4v) is 2.73. The average molecular weight is 284 g/mol. The molecule has 3 nitrogen and oxygen atoms in total. The molecule has 0 saturated heterocycles. The molecule has 0 fully saturated rings. The molecule has 1 aliphatic heterocycles. The molecule has 2 heterocycles. The molecule has 0 radical (unpaired) electrons. The van der Waals surface area contributed by atoms with Gasteiger partial charge >= 0.3 is 0 Å². The maximum Gasteiger partial charge on any atom is 0.227 e. The van der Waals surface area contributed by atoms with Crippen LogP contribution in [0.3, 0.4) is 0 Å². The first-order valence-corrected chi connectivity index (χ1v) is 7.23. The van der Waals surface area contributed by atoms with Gasteiger partial charge in [-0.15, -0.1) is 0 Å². The van der Waals surface area contributed by atoms with Gasteiger partial charge in [0.25, 0.3) is 0 Å². The van der Waals surface area contributed by atoms with Gasteiger partial charge in [0.2, 0.25) is 5.91 Å². The van der Waals surface area contributed by atoms with Gasteiger partial charge in [-0.05, 0) is 43.0 Å². The van der Waals surface area contributed by atoms with Gasteiger partial charge in [-0.2, -0.15) is 0 Å². The van der Waals surface area contributed by atoms with Crippen molar-refractivity contribution >= 4 is 11.6 Å². The van der Waals surface area contributed by atoms with E-state index in [4.69, 9.17) is 0 Å². The number of halogens is 1. The third-order valence-electron chi connectivity index (χ3n) is 3.82. The van der Waals surface area contributed by atoms with E-state index in [1.54, 1.807) is 29.3 Å². The van der Waals surface area contributed by atoms with Crippen LogP contribution in [0.4, 0.5) is 10.1 Å². The molecule has 0 N–H and O–H groups in total. The van der Waals surface area contributed by atoms with E-state index in [2.05, 4.69) is 4.98 Å². The minimum Gasteiger partial charge on any atom is -0.311 e. The Morgan fingerprint density at radius 3 is 2.95 bits per heavy atom. The Morgan fingerprint density at radius 1 is 1.24 bits per heavy atom. The molecule has 1 amide bonds. The zero-order chi connectivity index (χ0) is 14.7. The molecule has 0 aliphatic carbocycles. The molecule has 0 saturated carbocycles. The molecular formula is C17H17FN2O. The average Bonchev–Trinajstić information content (AvgIpc) is 2.53. The van der Waals surface area contributed by atoms with Crippen LogP contribution in [0, 0.1) is 5.82 Å². The highest BCUT2D eigenvalue weighted by Gasteiger charge is 2.22. The van der Waals surface area contributed by atoms with E-state index in [9.17, 15) is 9.18 Å². The van der Waals surface area contributed by atoms with E-state index in [-0.39, 0.29) is 11.7 Å². The van der Waals surface area contributed by atoms with Crippen LogP contribution in [0.15, 0.2) is 42.6 Å². The third-order valence-corrected chi connectivity index (χ3v) is 3.82. The molecule has 1 aliphatic rings. The smallest absolute Gasteiger partial charge is 0.227 e. The molecule has 2 aromatic rings. The van der Waals surface area contributed by atoms with Crippen LogP contribution in [0.25, 0.3) is 0 Å². The summed E-state index contributed by atoms with van der Waals surface area (Å²) in [7, 11) is 0. The SMILES string of the molecule is O=C(CCc1ccccc1F)N1CCCc2ncccc21. The van der Waals surface area contributed by atoms with E-state index in [0.29, 0.717) is 18.4 Å². The van der Waals surface area contributed by atoms with Crippen LogP contribution in [0.2, 0.25) is 0 Å². The van der Waals surface area contributed by atoms with Gasteiger partial charge in [-0.25, -0.2) is 4.39 Å². The lowest BCUT2D eigenvalue weighted by Gasteiger charge is -2.28. The summed E-state index contributed by atoms with van der Waals surface area (Å²) in [5.41, 5.74) is 2.47. The quantitative estimate of drug-likeness (QED) is 0.867. The number of aromatic nitrogens is 1. The normalized spacial score (nSPS) is 13.9. The number of hydrogen-bond donors (Lipinski definition) is 0. The van der Waals surface area contributed by atoms with E-state index >= 15 is 0 Å². The van der Waals surface area contributed by atoms with Gasteiger partial charge < -0.3 is 4.90 Å². The molecule has 0 unspecified atom stereocenters. The molecule has 0 spiro atoms. The van der Waals surface area contributed by atoms with Gasteiger partial charge in [0, 0.05) is 19.2 Å². The molecule has 4 heteroatoms. The summed E-state index contributed by atoms with van der Waals surface area (Å²) in [6.07, 6.45) is 4.34. The predicted molar refractivity (Wildman–Crippen MR) is 79.6 cm³/mol. The maximum absolute atomic E-state index is 13.6. The topological polar surface area (TPSA) is 33.2 Å². The van der Waals surface area contributed by atoms with Crippen LogP contribution in [-0.4, -0.2) is 17.4 Å². The van der Waals surface area contributed by atoms with E-state index in [0.717, 1.165) is 30.8 Å². The highest BCUT2D eigenvalue weighted by atomic mass is 19.1. The number of fused-ring (bicyclic) bond motifs is 1. The predicted octanol–water partition coefficient (Wildman–Crippen LogP) is 3.13. The number of amides is 1. The number of carbonyl (C=O) groups excluding carboxylic acids is 1. The molecule has 0 atom stereocenters. The van der Waals surface area contributed by atoms with Crippen molar-refractivity contribution in [1.82, 2.24) is 4.98 Å². The van der Waals surface area contributed by atoms with Crippen molar-refractivity contribution < 1.29 is 9.18 Å². The van der Waals surface area contributed by atoms with Crippen molar-refractivity contribution in [2.45, 2.75) is 25.7 Å². The van der Waals surface area contributed by atoms with Crippen molar-refractivity contribution in [2.24, 2.45) is 0 Å². The minimum atomic E-state index is -0.244. The summed E-state index contributed by atoms with van der Waals surface area (Å²) in [6, 6.07) is 10.4. The summed E-state index contributed by atoms with van der Waals surface area (Å²) >= 11 is 0. The first kappa shape index (κ1) is 13.7. The molecule has 0 bridgehead atoms. The van der Waals surface area contributed by atoms with E-state index in [1.807, 2.05) is 12.1 Å². The van der Waals surface area contributed by atoms with Crippen molar-refractivity contribution in [1.29, 1.82) is 0 Å². The third kappa shape index (κ3) is 2.94. The molecule has 108 valence electrons. The molecule has 1 aromatic heterocycles. The Morgan fingerprint density at radius 2 is 2.10 bits per heavy atom. The Labute approximate surface area is 123 Å². The zero-order valence-electron chi connectivity index (χ0n) is 11.8. The number of carbonyl (C=O) groups is 1. The first-order chi connectivity index (χ1) is 10.3. The number of anilines is 1. The van der Waals surface area contributed by atoms with Gasteiger partial charge in [-0.3, -0.25) is 9.78 Å². The van der Waals surface area contributed by atoms with Crippen molar-refractivity contribution in [3.05, 3.63) is 59.7 Å². The summed E-state index contributed by atoms with van der Waals surface area (Å²) in [6.45, 7) is 0.717. The highest BCUT2D eigenvalue weighted by molar-refractivity contribution is 5.94. The largest absolute Gasteiger partial charge is 0.311 e. The molecule has 3 rings (SSSR count). The summed E-state index contributed by atoms with van der Waals surface area (Å²) in [5, 5.41) is 0. The van der Waals surface area contributed by atoms with Crippen molar-refractivity contribution in [3.63, 3.8) is 0 Å². The van der Waals surface area contributed by atoms with Crippen LogP contribution in [0.5, 0.6) is 0 Å². The second-order valence-corrected chi connectivity index (χ2v) is 5.21. The summed E-state index contributed by atoms with van der Waals surface area (Å²) < 4.78 is 13.6. The lowest BCUT2D eigenvalue weighted by atomic mass is 10.0. The zero-order valence-corrected chi connectivity index (χ0v) is 11.8. The van der Waals surface area contributed by atoms with Crippen LogP contribution >= 0.6 is 0 Å².